The van der Waals surface area contributed by atoms with E-state index < -0.39 is 30.0 Å². The van der Waals surface area contributed by atoms with Gasteiger partial charge in [-0.05, 0) is 26.0 Å². The topological polar surface area (TPSA) is 52.6 Å². The van der Waals surface area contributed by atoms with Crippen LogP contribution in [0.25, 0.3) is 0 Å². The van der Waals surface area contributed by atoms with E-state index in [1.54, 1.807) is 13.8 Å². The molecule has 0 aliphatic heterocycles. The Balaban J connectivity index is 2.73. The maximum atomic E-state index is 13.3. The van der Waals surface area contributed by atoms with E-state index in [1.165, 1.54) is 0 Å². The molecule has 1 aromatic rings. The van der Waals surface area contributed by atoms with Crippen LogP contribution in [0.2, 0.25) is 0 Å². The molecule has 1 rings (SSSR count). The average molecular weight is 258 g/mol. The van der Waals surface area contributed by atoms with Gasteiger partial charge in [0.05, 0.1) is 6.10 Å². The normalized spacial score (nSPS) is 10.3. The first-order valence-electron chi connectivity index (χ1n) is 5.20. The van der Waals surface area contributed by atoms with Crippen LogP contribution >= 0.6 is 0 Å². The summed E-state index contributed by atoms with van der Waals surface area (Å²) < 4.78 is 36.1. The highest BCUT2D eigenvalue weighted by Gasteiger charge is 2.15. The van der Waals surface area contributed by atoms with Gasteiger partial charge in [0.2, 0.25) is 0 Å². The summed E-state index contributed by atoms with van der Waals surface area (Å²) in [4.78, 5) is 21.5. The van der Waals surface area contributed by atoms with Crippen molar-refractivity contribution in [1.82, 2.24) is 0 Å². The first-order valence-corrected chi connectivity index (χ1v) is 5.20. The van der Waals surface area contributed by atoms with Crippen molar-refractivity contribution in [3.63, 3.8) is 0 Å². The minimum Gasteiger partial charge on any atom is -0.476 e. The zero-order valence-electron chi connectivity index (χ0n) is 9.91. The van der Waals surface area contributed by atoms with Crippen molar-refractivity contribution in [2.45, 2.75) is 20.0 Å². The van der Waals surface area contributed by atoms with Crippen LogP contribution in [0.3, 0.4) is 0 Å². The van der Waals surface area contributed by atoms with Crippen molar-refractivity contribution in [3.8, 4) is 5.75 Å². The highest BCUT2D eigenvalue weighted by atomic mass is 19.1. The monoisotopic (exact) mass is 258 g/mol. The second-order valence-corrected chi connectivity index (χ2v) is 3.76. The first kappa shape index (κ1) is 14.1. The van der Waals surface area contributed by atoms with Crippen LogP contribution in [0.4, 0.5) is 8.78 Å². The van der Waals surface area contributed by atoms with Crippen LogP contribution in [0.15, 0.2) is 12.1 Å². The Hall–Kier alpha value is -1.98. The van der Waals surface area contributed by atoms with Gasteiger partial charge in [0.1, 0.15) is 6.29 Å². The van der Waals surface area contributed by atoms with E-state index >= 15 is 0 Å². The Morgan fingerprint density at radius 3 is 2.33 bits per heavy atom. The van der Waals surface area contributed by atoms with Crippen molar-refractivity contribution in [3.05, 3.63) is 29.3 Å². The third kappa shape index (κ3) is 3.80. The number of carbonyl (C=O) groups excluding carboxylic acids is 2. The van der Waals surface area contributed by atoms with E-state index in [0.29, 0.717) is 6.29 Å². The molecule has 6 heteroatoms. The lowest BCUT2D eigenvalue weighted by Gasteiger charge is -2.10. The van der Waals surface area contributed by atoms with E-state index in [1.807, 2.05) is 0 Å². The van der Waals surface area contributed by atoms with Gasteiger partial charge in [-0.2, -0.15) is 0 Å². The molecule has 0 N–H and O–H groups in total. The molecule has 18 heavy (non-hydrogen) atoms. The van der Waals surface area contributed by atoms with E-state index in [2.05, 4.69) is 4.74 Å². The second kappa shape index (κ2) is 6.09. The minimum atomic E-state index is -1.05. The quantitative estimate of drug-likeness (QED) is 0.599. The molecule has 0 heterocycles. The summed E-state index contributed by atoms with van der Waals surface area (Å²) in [5.41, 5.74) is -0.151. The molecule has 0 spiro atoms. The SMILES string of the molecule is CC(C)OC(=O)COc1c(F)cc(C=O)cc1F. The summed E-state index contributed by atoms with van der Waals surface area (Å²) in [6, 6.07) is 1.64. The summed E-state index contributed by atoms with van der Waals surface area (Å²) >= 11 is 0. The number of hydrogen-bond donors (Lipinski definition) is 0. The Morgan fingerprint density at radius 2 is 1.89 bits per heavy atom. The Kier molecular flexibility index (Phi) is 4.76. The summed E-state index contributed by atoms with van der Waals surface area (Å²) in [6.07, 6.45) is -0.0311. The van der Waals surface area contributed by atoms with Crippen molar-refractivity contribution < 1.29 is 27.8 Å². The smallest absolute Gasteiger partial charge is 0.344 e. The van der Waals surface area contributed by atoms with Gasteiger partial charge < -0.3 is 9.47 Å². The third-order valence-corrected chi connectivity index (χ3v) is 1.86. The average Bonchev–Trinajstić information content (AvgIpc) is 2.26. The van der Waals surface area contributed by atoms with Crippen LogP contribution < -0.4 is 4.74 Å². The fraction of sp³-hybridized carbons (Fsp3) is 0.333. The van der Waals surface area contributed by atoms with Crippen LogP contribution in [0.5, 0.6) is 5.75 Å². The van der Waals surface area contributed by atoms with E-state index in [-0.39, 0.29) is 11.7 Å². The van der Waals surface area contributed by atoms with Crippen LogP contribution in [0.1, 0.15) is 24.2 Å². The van der Waals surface area contributed by atoms with Gasteiger partial charge in [0.15, 0.2) is 24.0 Å². The van der Waals surface area contributed by atoms with Crippen LogP contribution in [-0.2, 0) is 9.53 Å². The number of hydrogen-bond acceptors (Lipinski definition) is 4. The van der Waals surface area contributed by atoms with Crippen molar-refractivity contribution >= 4 is 12.3 Å². The first-order chi connectivity index (χ1) is 8.43. The maximum Gasteiger partial charge on any atom is 0.344 e. The third-order valence-electron chi connectivity index (χ3n) is 1.86. The summed E-state index contributed by atoms with van der Waals surface area (Å²) in [5.74, 6) is -3.53. The molecule has 4 nitrogen and oxygen atoms in total. The number of aldehydes is 1. The molecule has 0 atom stereocenters. The predicted molar refractivity (Wildman–Crippen MR) is 58.5 cm³/mol. The molecule has 0 bridgehead atoms. The Labute approximate surface area is 103 Å². The van der Waals surface area contributed by atoms with Gasteiger partial charge in [0, 0.05) is 5.56 Å². The van der Waals surface area contributed by atoms with Crippen LogP contribution in [-0.4, -0.2) is 25.0 Å². The molecule has 0 unspecified atom stereocenters. The molecule has 0 aliphatic rings. The van der Waals surface area contributed by atoms with Crippen molar-refractivity contribution in [2.75, 3.05) is 6.61 Å². The molecule has 0 aromatic heterocycles. The zero-order chi connectivity index (χ0) is 13.7. The van der Waals surface area contributed by atoms with Gasteiger partial charge in [-0.3, -0.25) is 4.79 Å². The highest BCUT2D eigenvalue weighted by molar-refractivity contribution is 5.75. The summed E-state index contributed by atoms with van der Waals surface area (Å²) in [7, 11) is 0. The number of carbonyl (C=O) groups is 2. The van der Waals surface area contributed by atoms with E-state index in [9.17, 15) is 18.4 Å². The lowest BCUT2D eigenvalue weighted by atomic mass is 10.2. The standard InChI is InChI=1S/C12H12F2O4/c1-7(2)18-11(16)6-17-12-9(13)3-8(5-15)4-10(12)14/h3-5,7H,6H2,1-2H3. The largest absolute Gasteiger partial charge is 0.476 e. The second-order valence-electron chi connectivity index (χ2n) is 3.76. The van der Waals surface area contributed by atoms with E-state index in [4.69, 9.17) is 4.74 Å². The maximum absolute atomic E-state index is 13.3. The van der Waals surface area contributed by atoms with Gasteiger partial charge in [-0.1, -0.05) is 0 Å². The Bertz CT molecular complexity index is 434. The lowest BCUT2D eigenvalue weighted by molar-refractivity contribution is -0.149. The summed E-state index contributed by atoms with van der Waals surface area (Å²) in [5, 5.41) is 0. The molecule has 0 radical (unpaired) electrons. The number of rotatable bonds is 5. The van der Waals surface area contributed by atoms with E-state index in [0.717, 1.165) is 12.1 Å². The predicted octanol–water partition coefficient (Wildman–Crippen LogP) is 2.11. The van der Waals surface area contributed by atoms with Gasteiger partial charge in [-0.25, -0.2) is 13.6 Å². The van der Waals surface area contributed by atoms with Gasteiger partial charge in [0.25, 0.3) is 0 Å². The zero-order valence-corrected chi connectivity index (χ0v) is 9.91. The number of halogens is 2. The van der Waals surface area contributed by atoms with Crippen molar-refractivity contribution in [1.29, 1.82) is 0 Å². The molecule has 0 fully saturated rings. The number of ether oxygens (including phenoxy) is 2. The molecule has 98 valence electrons. The number of benzene rings is 1. The van der Waals surface area contributed by atoms with Crippen molar-refractivity contribution in [2.24, 2.45) is 0 Å². The molecule has 1 aromatic carbocycles. The van der Waals surface area contributed by atoms with Crippen LogP contribution in [0, 0.1) is 11.6 Å². The Morgan fingerprint density at radius 1 is 1.33 bits per heavy atom. The number of esters is 1. The molecular formula is C12H12F2O4. The molecule has 0 aliphatic carbocycles. The highest BCUT2D eigenvalue weighted by Crippen LogP contribution is 2.22. The molecule has 0 amide bonds. The summed E-state index contributed by atoms with van der Waals surface area (Å²) in [6.45, 7) is 2.67. The fourth-order valence-corrected chi connectivity index (χ4v) is 1.21. The molecule has 0 saturated heterocycles. The van der Waals surface area contributed by atoms with Gasteiger partial charge >= 0.3 is 5.97 Å². The molecule has 0 saturated carbocycles. The molecular weight excluding hydrogens is 246 g/mol. The van der Waals surface area contributed by atoms with Gasteiger partial charge in [-0.15, -0.1) is 0 Å². The minimum absolute atomic E-state index is 0.151. The fourth-order valence-electron chi connectivity index (χ4n) is 1.21. The lowest BCUT2D eigenvalue weighted by Crippen LogP contribution is -2.19.